The molecule has 1 aliphatic carbocycles. The van der Waals surface area contributed by atoms with Crippen LogP contribution < -0.4 is 0 Å². The highest BCUT2D eigenvalue weighted by molar-refractivity contribution is 6.24. The Morgan fingerprint density at radius 2 is 0.776 bits per heavy atom. The van der Waals surface area contributed by atoms with Crippen molar-refractivity contribution in [2.24, 2.45) is 0 Å². The topological polar surface area (TPSA) is 0 Å². The minimum Gasteiger partial charge on any atom is -0.0619 e. The zero-order chi connectivity index (χ0) is 32.7. The molecule has 0 N–H and O–H groups in total. The average Bonchev–Trinajstić information content (AvgIpc) is 3.39. The van der Waals surface area contributed by atoms with Crippen LogP contribution in [-0.4, -0.2) is 0 Å². The zero-order valence-electron chi connectivity index (χ0n) is 27.7. The Hall–Kier alpha value is -5.98. The first-order valence-corrected chi connectivity index (χ1v) is 17.3. The molecule has 9 aromatic carbocycles. The third kappa shape index (κ3) is 4.04. The van der Waals surface area contributed by atoms with E-state index in [2.05, 4.69) is 184 Å². The maximum Gasteiger partial charge on any atom is 0.0165 e. The Balaban J connectivity index is 1.31. The Morgan fingerprint density at radius 1 is 0.327 bits per heavy atom. The van der Waals surface area contributed by atoms with Gasteiger partial charge in [-0.3, -0.25) is 0 Å². The molecule has 0 amide bonds. The lowest BCUT2D eigenvalue weighted by molar-refractivity contribution is 0.662. The summed E-state index contributed by atoms with van der Waals surface area (Å²) in [6.07, 6.45) is 0. The number of hydrogen-bond donors (Lipinski definition) is 0. The van der Waals surface area contributed by atoms with Crippen LogP contribution in [0.15, 0.2) is 170 Å². The lowest BCUT2D eigenvalue weighted by Gasteiger charge is -2.25. The van der Waals surface area contributed by atoms with E-state index in [1.54, 1.807) is 0 Å². The van der Waals surface area contributed by atoms with Gasteiger partial charge in [0.2, 0.25) is 0 Å². The SMILES string of the molecule is CC1(C)c2ccccc2-c2cccc(-c3cc(-c4c5ccccc5c(-c5cccc6ccccc56)c5ccccc45)cc4ccccc34)c21. The van der Waals surface area contributed by atoms with Crippen molar-refractivity contribution in [1.29, 1.82) is 0 Å². The molecule has 0 heterocycles. The van der Waals surface area contributed by atoms with E-state index in [1.165, 1.54) is 98.7 Å². The van der Waals surface area contributed by atoms with Gasteiger partial charge < -0.3 is 0 Å². The monoisotopic (exact) mass is 622 g/mol. The second-order valence-corrected chi connectivity index (χ2v) is 14.0. The van der Waals surface area contributed by atoms with Gasteiger partial charge in [0.05, 0.1) is 0 Å². The molecule has 0 radical (unpaired) electrons. The second-order valence-electron chi connectivity index (χ2n) is 14.0. The predicted octanol–water partition coefficient (Wildman–Crippen LogP) is 13.6. The van der Waals surface area contributed by atoms with E-state index in [9.17, 15) is 0 Å². The van der Waals surface area contributed by atoms with Crippen molar-refractivity contribution in [3.05, 3.63) is 181 Å². The molecule has 0 bridgehead atoms. The molecule has 0 heteroatoms. The van der Waals surface area contributed by atoms with Crippen molar-refractivity contribution in [2.75, 3.05) is 0 Å². The van der Waals surface area contributed by atoms with Crippen LogP contribution in [0, 0.1) is 0 Å². The highest BCUT2D eigenvalue weighted by atomic mass is 14.4. The molecule has 10 rings (SSSR count). The van der Waals surface area contributed by atoms with E-state index in [1.807, 2.05) is 0 Å². The van der Waals surface area contributed by atoms with Gasteiger partial charge in [-0.2, -0.15) is 0 Å². The third-order valence-corrected chi connectivity index (χ3v) is 11.0. The number of benzene rings is 9. The maximum absolute atomic E-state index is 2.48. The summed E-state index contributed by atoms with van der Waals surface area (Å²) in [5, 5.41) is 10.2. The van der Waals surface area contributed by atoms with Crippen molar-refractivity contribution >= 4 is 43.1 Å². The number of rotatable bonds is 3. The molecule has 49 heavy (non-hydrogen) atoms. The van der Waals surface area contributed by atoms with Crippen LogP contribution in [0.2, 0.25) is 0 Å². The molecule has 0 aliphatic heterocycles. The first kappa shape index (κ1) is 28.1. The van der Waals surface area contributed by atoms with Crippen molar-refractivity contribution in [3.63, 3.8) is 0 Å². The largest absolute Gasteiger partial charge is 0.0619 e. The minimum atomic E-state index is -0.112. The summed E-state index contributed by atoms with van der Waals surface area (Å²) in [5.41, 5.74) is 13.1. The molecular formula is C49H34. The molecule has 230 valence electrons. The Bertz CT molecular complexity index is 2730. The number of hydrogen-bond acceptors (Lipinski definition) is 0. The van der Waals surface area contributed by atoms with Gasteiger partial charge in [0.25, 0.3) is 0 Å². The van der Waals surface area contributed by atoms with Gasteiger partial charge in [0.1, 0.15) is 0 Å². The van der Waals surface area contributed by atoms with Crippen molar-refractivity contribution < 1.29 is 0 Å². The molecule has 1 aliphatic rings. The van der Waals surface area contributed by atoms with E-state index >= 15 is 0 Å². The van der Waals surface area contributed by atoms with E-state index in [0.29, 0.717) is 0 Å². The normalized spacial score (nSPS) is 13.3. The fraction of sp³-hybridized carbons (Fsp3) is 0.0612. The zero-order valence-corrected chi connectivity index (χ0v) is 27.7. The van der Waals surface area contributed by atoms with Crippen LogP contribution in [0.3, 0.4) is 0 Å². The minimum absolute atomic E-state index is 0.112. The standard InChI is InChI=1S/C49H34/c1-49(2)45-28-12-11-20-36(45)42-26-14-27-43(48(42)49)44-30-33(29-32-16-4-6-19-35(32)44)46-38-21-7-9-23-40(38)47(41-24-10-8-22-39(41)46)37-25-13-17-31-15-3-5-18-34(31)37/h3-30H,1-2H3. The Morgan fingerprint density at radius 3 is 1.47 bits per heavy atom. The van der Waals surface area contributed by atoms with Crippen LogP contribution in [0.1, 0.15) is 25.0 Å². The van der Waals surface area contributed by atoms with Crippen molar-refractivity contribution in [2.45, 2.75) is 19.3 Å². The van der Waals surface area contributed by atoms with Crippen molar-refractivity contribution in [3.8, 4) is 44.5 Å². The molecule has 0 nitrogen and oxygen atoms in total. The van der Waals surface area contributed by atoms with E-state index < -0.39 is 0 Å². The van der Waals surface area contributed by atoms with E-state index in [0.717, 1.165) is 0 Å². The van der Waals surface area contributed by atoms with Crippen LogP contribution in [0.4, 0.5) is 0 Å². The summed E-state index contributed by atoms with van der Waals surface area (Å²) in [6, 6.07) is 63.2. The summed E-state index contributed by atoms with van der Waals surface area (Å²) < 4.78 is 0. The first-order chi connectivity index (χ1) is 24.1. The molecule has 0 saturated carbocycles. The van der Waals surface area contributed by atoms with Gasteiger partial charge in [-0.25, -0.2) is 0 Å². The van der Waals surface area contributed by atoms with E-state index in [-0.39, 0.29) is 5.41 Å². The van der Waals surface area contributed by atoms with Crippen LogP contribution in [-0.2, 0) is 5.41 Å². The molecular weight excluding hydrogens is 589 g/mol. The molecule has 0 saturated heterocycles. The van der Waals surface area contributed by atoms with E-state index in [4.69, 9.17) is 0 Å². The fourth-order valence-corrected chi connectivity index (χ4v) is 8.92. The second kappa shape index (κ2) is 10.5. The third-order valence-electron chi connectivity index (χ3n) is 11.0. The maximum atomic E-state index is 2.48. The van der Waals surface area contributed by atoms with Crippen LogP contribution in [0.25, 0.3) is 87.6 Å². The summed E-state index contributed by atoms with van der Waals surface area (Å²) in [4.78, 5) is 0. The lowest BCUT2D eigenvalue weighted by atomic mass is 9.77. The highest BCUT2D eigenvalue weighted by Gasteiger charge is 2.37. The van der Waals surface area contributed by atoms with Gasteiger partial charge in [-0.05, 0) is 111 Å². The summed E-state index contributed by atoms with van der Waals surface area (Å²) in [5.74, 6) is 0. The summed E-state index contributed by atoms with van der Waals surface area (Å²) >= 11 is 0. The van der Waals surface area contributed by atoms with Gasteiger partial charge in [-0.15, -0.1) is 0 Å². The molecule has 0 spiro atoms. The van der Waals surface area contributed by atoms with Crippen molar-refractivity contribution in [1.82, 2.24) is 0 Å². The number of fused-ring (bicyclic) bond motifs is 7. The molecule has 0 fully saturated rings. The highest BCUT2D eigenvalue weighted by Crippen LogP contribution is 2.53. The summed E-state index contributed by atoms with van der Waals surface area (Å²) in [7, 11) is 0. The first-order valence-electron chi connectivity index (χ1n) is 17.3. The molecule has 9 aromatic rings. The van der Waals surface area contributed by atoms with Gasteiger partial charge in [-0.1, -0.05) is 172 Å². The molecule has 0 unspecified atom stereocenters. The van der Waals surface area contributed by atoms with Gasteiger partial charge in [0.15, 0.2) is 0 Å². The molecule has 0 aromatic heterocycles. The predicted molar refractivity (Wildman–Crippen MR) is 210 cm³/mol. The summed E-state index contributed by atoms with van der Waals surface area (Å²) in [6.45, 7) is 4.78. The van der Waals surface area contributed by atoms with Crippen LogP contribution in [0.5, 0.6) is 0 Å². The Labute approximate surface area is 286 Å². The van der Waals surface area contributed by atoms with Gasteiger partial charge >= 0.3 is 0 Å². The lowest BCUT2D eigenvalue weighted by Crippen LogP contribution is -2.16. The smallest absolute Gasteiger partial charge is 0.0165 e. The van der Waals surface area contributed by atoms with Gasteiger partial charge in [0, 0.05) is 5.41 Å². The van der Waals surface area contributed by atoms with Crippen LogP contribution >= 0.6 is 0 Å². The molecule has 0 atom stereocenters. The Kier molecular flexibility index (Phi) is 6.02. The quantitative estimate of drug-likeness (QED) is 0.172. The average molecular weight is 623 g/mol. The fourth-order valence-electron chi connectivity index (χ4n) is 8.92.